The van der Waals surface area contributed by atoms with E-state index in [2.05, 4.69) is 31.3 Å². The molecular formula is C15H17BrF3N5O. The number of nitrogens with one attached hydrogen (secondary N) is 1. The molecule has 0 aromatic carbocycles. The Balaban J connectivity index is 1.59. The van der Waals surface area contributed by atoms with Gasteiger partial charge in [0.05, 0.1) is 16.5 Å². The smallest absolute Gasteiger partial charge is 0.354 e. The van der Waals surface area contributed by atoms with Gasteiger partial charge in [-0.1, -0.05) is 0 Å². The van der Waals surface area contributed by atoms with Crippen molar-refractivity contribution >= 4 is 21.8 Å². The van der Waals surface area contributed by atoms with Crippen LogP contribution in [0.5, 0.6) is 0 Å². The van der Waals surface area contributed by atoms with E-state index < -0.39 is 11.9 Å². The van der Waals surface area contributed by atoms with Crippen LogP contribution in [0.4, 0.5) is 13.2 Å². The molecule has 0 spiro atoms. The Morgan fingerprint density at radius 2 is 2.16 bits per heavy atom. The van der Waals surface area contributed by atoms with Crippen LogP contribution >= 0.6 is 15.9 Å². The molecule has 2 aromatic rings. The van der Waals surface area contributed by atoms with E-state index in [1.54, 1.807) is 12.5 Å². The number of aryl methyl sites for hydroxylation is 1. The maximum atomic E-state index is 13.0. The van der Waals surface area contributed by atoms with Gasteiger partial charge in [0, 0.05) is 31.4 Å². The number of imidazole rings is 1. The second-order valence-corrected chi connectivity index (χ2v) is 6.77. The summed E-state index contributed by atoms with van der Waals surface area (Å²) in [6, 6.07) is 0. The molecule has 0 bridgehead atoms. The Labute approximate surface area is 150 Å². The Hall–Kier alpha value is -1.84. The highest BCUT2D eigenvalue weighted by atomic mass is 79.9. The van der Waals surface area contributed by atoms with E-state index in [9.17, 15) is 18.0 Å². The number of hydrogen-bond acceptors (Lipinski definition) is 3. The molecule has 1 N–H and O–H groups in total. The van der Waals surface area contributed by atoms with E-state index in [-0.39, 0.29) is 22.8 Å². The zero-order valence-electron chi connectivity index (χ0n) is 13.3. The van der Waals surface area contributed by atoms with E-state index in [1.165, 1.54) is 4.68 Å². The molecule has 2 heterocycles. The summed E-state index contributed by atoms with van der Waals surface area (Å²) < 4.78 is 42.1. The van der Waals surface area contributed by atoms with Gasteiger partial charge in [-0.25, -0.2) is 4.98 Å². The summed E-state index contributed by atoms with van der Waals surface area (Å²) in [7, 11) is 0. The summed E-state index contributed by atoms with van der Waals surface area (Å²) in [6.45, 7) is 0.926. The van der Waals surface area contributed by atoms with Crippen molar-refractivity contribution in [3.05, 3.63) is 34.6 Å². The number of aromatic nitrogens is 4. The molecule has 0 unspecified atom stereocenters. The van der Waals surface area contributed by atoms with Gasteiger partial charge in [0.25, 0.3) is 0 Å². The van der Waals surface area contributed by atoms with Crippen LogP contribution in [0, 0.1) is 0 Å². The molecule has 6 nitrogen and oxygen atoms in total. The average molecular weight is 420 g/mol. The van der Waals surface area contributed by atoms with Crippen molar-refractivity contribution in [3.8, 4) is 0 Å². The first kappa shape index (κ1) is 18.0. The maximum Gasteiger partial charge on any atom is 0.436 e. The van der Waals surface area contributed by atoms with Crippen LogP contribution in [0.25, 0.3) is 0 Å². The Bertz CT molecular complexity index is 737. The fourth-order valence-electron chi connectivity index (χ4n) is 2.60. The van der Waals surface area contributed by atoms with Gasteiger partial charge in [0.2, 0.25) is 5.91 Å². The average Bonchev–Trinajstić information content (AvgIpc) is 3.11. The molecule has 25 heavy (non-hydrogen) atoms. The van der Waals surface area contributed by atoms with Crippen LogP contribution in [-0.2, 0) is 24.1 Å². The van der Waals surface area contributed by atoms with Crippen molar-refractivity contribution < 1.29 is 18.0 Å². The summed E-state index contributed by atoms with van der Waals surface area (Å²) in [5, 5.41) is 6.34. The fraction of sp³-hybridized carbons (Fsp3) is 0.533. The van der Waals surface area contributed by atoms with Gasteiger partial charge in [-0.3, -0.25) is 9.48 Å². The molecule has 1 aliphatic rings. The molecule has 2 aromatic heterocycles. The lowest BCUT2D eigenvalue weighted by atomic mass is 10.2. The van der Waals surface area contributed by atoms with Crippen molar-refractivity contribution in [1.82, 2.24) is 24.6 Å². The van der Waals surface area contributed by atoms with Crippen molar-refractivity contribution in [1.29, 1.82) is 0 Å². The number of nitrogens with zero attached hydrogens (tertiary/aromatic N) is 4. The van der Waals surface area contributed by atoms with E-state index in [0.717, 1.165) is 12.8 Å². The fourth-order valence-corrected chi connectivity index (χ4v) is 3.43. The summed E-state index contributed by atoms with van der Waals surface area (Å²) >= 11 is 3.01. The monoisotopic (exact) mass is 419 g/mol. The molecule has 0 aliphatic heterocycles. The molecule has 136 valence electrons. The molecular weight excluding hydrogens is 403 g/mol. The van der Waals surface area contributed by atoms with Crippen molar-refractivity contribution in [2.24, 2.45) is 0 Å². The lowest BCUT2D eigenvalue weighted by molar-refractivity contribution is -0.142. The third kappa shape index (κ3) is 4.42. The van der Waals surface area contributed by atoms with Crippen LogP contribution in [0.3, 0.4) is 0 Å². The number of halogens is 4. The molecule has 3 rings (SSSR count). The lowest BCUT2D eigenvalue weighted by Gasteiger charge is -2.08. The predicted molar refractivity (Wildman–Crippen MR) is 86.8 cm³/mol. The standard InChI is InChI=1S/C15H17BrF3N5O/c16-12-13(10-2-3-10)24(22-14(12)15(17,18)19)8-11(25)21-4-1-6-23-7-5-20-9-23/h5,7,9-10H,1-4,6,8H2,(H,21,25). The summed E-state index contributed by atoms with van der Waals surface area (Å²) in [6.07, 6.45) is 2.96. The van der Waals surface area contributed by atoms with Crippen molar-refractivity contribution in [3.63, 3.8) is 0 Å². The zero-order chi connectivity index (χ0) is 18.0. The van der Waals surface area contributed by atoms with Crippen LogP contribution in [0.1, 0.15) is 36.6 Å². The molecule has 0 atom stereocenters. The van der Waals surface area contributed by atoms with Gasteiger partial charge in [-0.15, -0.1) is 0 Å². The predicted octanol–water partition coefficient (Wildman–Crippen LogP) is 2.94. The largest absolute Gasteiger partial charge is 0.436 e. The normalized spacial score (nSPS) is 14.7. The highest BCUT2D eigenvalue weighted by Crippen LogP contribution is 2.46. The number of carbonyl (C=O) groups excluding carboxylic acids is 1. The van der Waals surface area contributed by atoms with Crippen LogP contribution in [-0.4, -0.2) is 31.8 Å². The van der Waals surface area contributed by atoms with Gasteiger partial charge in [-0.2, -0.15) is 18.3 Å². The van der Waals surface area contributed by atoms with E-state index in [0.29, 0.717) is 25.2 Å². The van der Waals surface area contributed by atoms with Gasteiger partial charge >= 0.3 is 6.18 Å². The van der Waals surface area contributed by atoms with Gasteiger partial charge in [0.15, 0.2) is 5.69 Å². The number of amides is 1. The van der Waals surface area contributed by atoms with Gasteiger partial charge < -0.3 is 9.88 Å². The first-order valence-corrected chi connectivity index (χ1v) is 8.71. The Kier molecular flexibility index (Phi) is 5.16. The third-order valence-corrected chi connectivity index (χ3v) is 4.71. The summed E-state index contributed by atoms with van der Waals surface area (Å²) in [4.78, 5) is 16.0. The van der Waals surface area contributed by atoms with Crippen LogP contribution < -0.4 is 5.32 Å². The summed E-state index contributed by atoms with van der Waals surface area (Å²) in [5.74, 6) is -0.316. The highest BCUT2D eigenvalue weighted by Gasteiger charge is 2.41. The molecule has 1 fully saturated rings. The highest BCUT2D eigenvalue weighted by molar-refractivity contribution is 9.10. The third-order valence-electron chi connectivity index (χ3n) is 3.93. The minimum absolute atomic E-state index is 0.0343. The van der Waals surface area contributed by atoms with E-state index in [4.69, 9.17) is 0 Å². The van der Waals surface area contributed by atoms with Crippen molar-refractivity contribution in [2.45, 2.75) is 44.4 Å². The Morgan fingerprint density at radius 3 is 2.76 bits per heavy atom. The lowest BCUT2D eigenvalue weighted by Crippen LogP contribution is -2.30. The minimum Gasteiger partial charge on any atom is -0.354 e. The maximum absolute atomic E-state index is 13.0. The van der Waals surface area contributed by atoms with Gasteiger partial charge in [-0.05, 0) is 35.2 Å². The SMILES string of the molecule is O=C(Cn1nc(C(F)(F)F)c(Br)c1C1CC1)NCCCn1ccnc1. The number of alkyl halides is 3. The first-order valence-electron chi connectivity index (χ1n) is 7.92. The summed E-state index contributed by atoms with van der Waals surface area (Å²) in [5.41, 5.74) is -0.511. The first-order chi connectivity index (χ1) is 11.9. The topological polar surface area (TPSA) is 64.7 Å². The molecule has 0 saturated heterocycles. The molecule has 0 radical (unpaired) electrons. The molecule has 10 heteroatoms. The second-order valence-electron chi connectivity index (χ2n) is 5.98. The van der Waals surface area contributed by atoms with Gasteiger partial charge in [0.1, 0.15) is 6.54 Å². The van der Waals surface area contributed by atoms with Crippen LogP contribution in [0.2, 0.25) is 0 Å². The molecule has 1 aliphatic carbocycles. The Morgan fingerprint density at radius 1 is 1.40 bits per heavy atom. The second kappa shape index (κ2) is 7.19. The minimum atomic E-state index is -4.55. The molecule has 1 saturated carbocycles. The number of rotatable bonds is 7. The zero-order valence-corrected chi connectivity index (χ0v) is 14.8. The van der Waals surface area contributed by atoms with Crippen LogP contribution in [0.15, 0.2) is 23.2 Å². The number of hydrogen-bond donors (Lipinski definition) is 1. The number of carbonyl (C=O) groups is 1. The van der Waals surface area contributed by atoms with E-state index >= 15 is 0 Å². The molecule has 1 amide bonds. The van der Waals surface area contributed by atoms with Crippen molar-refractivity contribution in [2.75, 3.05) is 6.54 Å². The van der Waals surface area contributed by atoms with E-state index in [1.807, 2.05) is 10.8 Å². The quantitative estimate of drug-likeness (QED) is 0.701.